The number of hydrogen-bond acceptors (Lipinski definition) is 4. The molecule has 0 fully saturated rings. The number of alkyl carbamates (subject to hydrolysis) is 1. The average molecular weight is 329 g/mol. The van der Waals surface area contributed by atoms with Crippen LogP contribution in [0.25, 0.3) is 0 Å². The van der Waals surface area contributed by atoms with E-state index in [1.54, 1.807) is 41.5 Å². The van der Waals surface area contributed by atoms with Gasteiger partial charge in [0.25, 0.3) is 0 Å². The predicted octanol–water partition coefficient (Wildman–Crippen LogP) is 3.58. The van der Waals surface area contributed by atoms with E-state index in [0.29, 0.717) is 0 Å². The first kappa shape index (κ1) is 21.2. The number of amides is 2. The number of guanidine groups is 1. The number of carbonyl (C=O) groups excluding carboxylic acids is 2. The summed E-state index contributed by atoms with van der Waals surface area (Å²) in [6.07, 6.45) is 0.361. The molecule has 0 rings (SSSR count). The van der Waals surface area contributed by atoms with Gasteiger partial charge in [-0.2, -0.15) is 0 Å². The molecule has 0 saturated heterocycles. The number of hydrogen-bond donors (Lipinski definition) is 2. The van der Waals surface area contributed by atoms with E-state index < -0.39 is 23.4 Å². The second-order valence-electron chi connectivity index (χ2n) is 7.40. The van der Waals surface area contributed by atoms with Crippen molar-refractivity contribution in [1.82, 2.24) is 10.6 Å². The van der Waals surface area contributed by atoms with Crippen LogP contribution >= 0.6 is 0 Å². The van der Waals surface area contributed by atoms with Crippen LogP contribution in [0.1, 0.15) is 68.2 Å². The highest BCUT2D eigenvalue weighted by Gasteiger charge is 2.20. The topological polar surface area (TPSA) is 89.0 Å². The van der Waals surface area contributed by atoms with Gasteiger partial charge in [-0.3, -0.25) is 5.32 Å². The van der Waals surface area contributed by atoms with Gasteiger partial charge in [0.05, 0.1) is 0 Å². The van der Waals surface area contributed by atoms with Crippen molar-refractivity contribution in [2.75, 3.05) is 0 Å². The first-order valence-corrected chi connectivity index (χ1v) is 7.90. The number of rotatable bonds is 3. The number of ether oxygens (including phenoxy) is 2. The highest BCUT2D eigenvalue weighted by molar-refractivity contribution is 5.99. The molecule has 0 aliphatic heterocycles. The first-order chi connectivity index (χ1) is 10.3. The molecule has 2 N–H and O–H groups in total. The smallest absolute Gasteiger partial charge is 0.437 e. The van der Waals surface area contributed by atoms with Crippen LogP contribution in [-0.4, -0.2) is 35.4 Å². The fraction of sp³-hybridized carbons (Fsp3) is 0.812. The SMILES string of the molecule is CCCC(C)N/C(=N\C(=O)OC(C)(C)C)NC(=O)OC(C)(C)C. The van der Waals surface area contributed by atoms with Gasteiger partial charge in [-0.15, -0.1) is 4.99 Å². The molecule has 7 heteroatoms. The van der Waals surface area contributed by atoms with Crippen molar-refractivity contribution < 1.29 is 19.1 Å². The van der Waals surface area contributed by atoms with Crippen molar-refractivity contribution in [3.05, 3.63) is 0 Å². The standard InChI is InChI=1S/C16H31N3O4/c1-9-10-11(2)17-12(18-13(20)22-15(3,4)5)19-14(21)23-16(6,7)8/h11H,9-10H2,1-8H3,(H2,17,18,19,20,21). The minimum atomic E-state index is -0.778. The van der Waals surface area contributed by atoms with Crippen LogP contribution in [0.15, 0.2) is 4.99 Å². The summed E-state index contributed by atoms with van der Waals surface area (Å²) in [6.45, 7) is 14.5. The van der Waals surface area contributed by atoms with E-state index in [-0.39, 0.29) is 12.0 Å². The Morgan fingerprint density at radius 1 is 1.04 bits per heavy atom. The average Bonchev–Trinajstić information content (AvgIpc) is 2.22. The van der Waals surface area contributed by atoms with E-state index >= 15 is 0 Å². The molecule has 134 valence electrons. The number of carbonyl (C=O) groups is 2. The van der Waals surface area contributed by atoms with Crippen LogP contribution in [0.2, 0.25) is 0 Å². The Bertz CT molecular complexity index is 434. The Balaban J connectivity index is 5.00. The van der Waals surface area contributed by atoms with Crippen LogP contribution in [0.5, 0.6) is 0 Å². The summed E-state index contributed by atoms with van der Waals surface area (Å²) >= 11 is 0. The zero-order chi connectivity index (χ0) is 18.3. The molecule has 1 atom stereocenters. The van der Waals surface area contributed by atoms with Crippen molar-refractivity contribution in [2.45, 2.75) is 85.5 Å². The molecule has 0 radical (unpaired) electrons. The molecule has 7 nitrogen and oxygen atoms in total. The highest BCUT2D eigenvalue weighted by atomic mass is 16.6. The third-order valence-corrected chi connectivity index (χ3v) is 2.32. The molecule has 0 aliphatic carbocycles. The van der Waals surface area contributed by atoms with Gasteiger partial charge < -0.3 is 14.8 Å². The van der Waals surface area contributed by atoms with Gasteiger partial charge in [-0.25, -0.2) is 9.59 Å². The minimum absolute atomic E-state index is 0.0226. The van der Waals surface area contributed by atoms with Crippen LogP contribution in [0.4, 0.5) is 9.59 Å². The molecular formula is C16H31N3O4. The van der Waals surface area contributed by atoms with E-state index in [0.717, 1.165) is 12.8 Å². The summed E-state index contributed by atoms with van der Waals surface area (Å²) in [5.74, 6) is 0.0226. The number of aliphatic imine (C=N–C) groups is 1. The van der Waals surface area contributed by atoms with E-state index in [4.69, 9.17) is 9.47 Å². The lowest BCUT2D eigenvalue weighted by Gasteiger charge is -2.22. The van der Waals surface area contributed by atoms with Crippen molar-refractivity contribution in [3.63, 3.8) is 0 Å². The molecule has 0 saturated carbocycles. The number of nitrogens with one attached hydrogen (secondary N) is 2. The Labute approximate surface area is 139 Å². The Morgan fingerprint density at radius 3 is 2.00 bits per heavy atom. The molecular weight excluding hydrogens is 298 g/mol. The van der Waals surface area contributed by atoms with Gasteiger partial charge in [-0.1, -0.05) is 13.3 Å². The van der Waals surface area contributed by atoms with Crippen molar-refractivity contribution in [2.24, 2.45) is 4.99 Å². The quantitative estimate of drug-likeness (QED) is 0.610. The van der Waals surface area contributed by atoms with Crippen LogP contribution in [0, 0.1) is 0 Å². The van der Waals surface area contributed by atoms with Crippen molar-refractivity contribution >= 4 is 18.1 Å². The molecule has 1 unspecified atom stereocenters. The number of nitrogens with zero attached hydrogens (tertiary/aromatic N) is 1. The van der Waals surface area contributed by atoms with Gasteiger partial charge in [0, 0.05) is 6.04 Å². The molecule has 0 heterocycles. The Hall–Kier alpha value is -1.79. The zero-order valence-electron chi connectivity index (χ0n) is 15.6. The van der Waals surface area contributed by atoms with Gasteiger partial charge in [0.15, 0.2) is 0 Å². The predicted molar refractivity (Wildman–Crippen MR) is 90.5 cm³/mol. The summed E-state index contributed by atoms with van der Waals surface area (Å²) in [7, 11) is 0. The molecule has 0 aromatic carbocycles. The largest absolute Gasteiger partial charge is 0.444 e. The lowest BCUT2D eigenvalue weighted by atomic mass is 10.2. The van der Waals surface area contributed by atoms with Crippen molar-refractivity contribution in [3.8, 4) is 0 Å². The van der Waals surface area contributed by atoms with E-state index in [2.05, 4.69) is 15.6 Å². The maximum Gasteiger partial charge on any atom is 0.437 e. The molecule has 0 aliphatic rings. The van der Waals surface area contributed by atoms with E-state index in [9.17, 15) is 9.59 Å². The van der Waals surface area contributed by atoms with Gasteiger partial charge in [-0.05, 0) is 54.9 Å². The third-order valence-electron chi connectivity index (χ3n) is 2.32. The van der Waals surface area contributed by atoms with Crippen LogP contribution in [0.3, 0.4) is 0 Å². The van der Waals surface area contributed by atoms with Crippen LogP contribution in [-0.2, 0) is 9.47 Å². The summed E-state index contributed by atoms with van der Waals surface area (Å²) in [4.78, 5) is 27.5. The molecule has 23 heavy (non-hydrogen) atoms. The fourth-order valence-corrected chi connectivity index (χ4v) is 1.61. The minimum Gasteiger partial charge on any atom is -0.444 e. The lowest BCUT2D eigenvalue weighted by molar-refractivity contribution is 0.0560. The Kier molecular flexibility index (Phi) is 8.06. The summed E-state index contributed by atoms with van der Waals surface area (Å²) in [6, 6.07) is 0.0381. The summed E-state index contributed by atoms with van der Waals surface area (Å²) in [5.41, 5.74) is -1.30. The molecule has 0 spiro atoms. The Morgan fingerprint density at radius 2 is 1.57 bits per heavy atom. The van der Waals surface area contributed by atoms with E-state index in [1.807, 2.05) is 13.8 Å². The lowest BCUT2D eigenvalue weighted by Crippen LogP contribution is -2.47. The van der Waals surface area contributed by atoms with Crippen LogP contribution < -0.4 is 10.6 Å². The normalized spacial score (nSPS) is 14.0. The molecule has 0 aromatic heterocycles. The fourth-order valence-electron chi connectivity index (χ4n) is 1.61. The molecule has 0 bridgehead atoms. The first-order valence-electron chi connectivity index (χ1n) is 7.90. The molecule has 2 amide bonds. The monoisotopic (exact) mass is 329 g/mol. The summed E-state index contributed by atoms with van der Waals surface area (Å²) < 4.78 is 10.3. The molecule has 0 aromatic rings. The zero-order valence-corrected chi connectivity index (χ0v) is 15.6. The second-order valence-corrected chi connectivity index (χ2v) is 7.40. The summed E-state index contributed by atoms with van der Waals surface area (Å²) in [5, 5.41) is 5.44. The van der Waals surface area contributed by atoms with Gasteiger partial charge in [0.1, 0.15) is 11.2 Å². The highest BCUT2D eigenvalue weighted by Crippen LogP contribution is 2.09. The second kappa shape index (κ2) is 8.74. The van der Waals surface area contributed by atoms with E-state index in [1.165, 1.54) is 0 Å². The van der Waals surface area contributed by atoms with Gasteiger partial charge in [0.2, 0.25) is 5.96 Å². The maximum absolute atomic E-state index is 11.9. The third kappa shape index (κ3) is 12.4. The maximum atomic E-state index is 11.9. The van der Waals surface area contributed by atoms with Crippen molar-refractivity contribution in [1.29, 1.82) is 0 Å². The van der Waals surface area contributed by atoms with Gasteiger partial charge >= 0.3 is 12.2 Å².